The van der Waals surface area contributed by atoms with Crippen molar-refractivity contribution in [3.05, 3.63) is 77.8 Å². The van der Waals surface area contributed by atoms with Crippen molar-refractivity contribution in [2.75, 3.05) is 33.4 Å². The molecular weight excluding hydrogens is 494 g/mol. The summed E-state index contributed by atoms with van der Waals surface area (Å²) in [6.07, 6.45) is 4.22. The normalized spacial score (nSPS) is 17.4. The first kappa shape index (κ1) is 26.6. The fourth-order valence-electron chi connectivity index (χ4n) is 4.30. The minimum absolute atomic E-state index is 0.0179. The Labute approximate surface area is 221 Å². The summed E-state index contributed by atoms with van der Waals surface area (Å²) in [7, 11) is 1.78. The third-order valence-electron chi connectivity index (χ3n) is 6.32. The number of halogens is 1. The number of hydrogen-bond acceptors (Lipinski definition) is 6. The largest absolute Gasteiger partial charge is 0.490 e. The van der Waals surface area contributed by atoms with E-state index in [0.717, 1.165) is 5.56 Å². The molecular formula is C27H32ClN5O4. The Morgan fingerprint density at radius 3 is 2.68 bits per heavy atom. The van der Waals surface area contributed by atoms with Crippen molar-refractivity contribution in [2.24, 2.45) is 0 Å². The molecule has 1 aromatic heterocycles. The van der Waals surface area contributed by atoms with E-state index in [9.17, 15) is 9.59 Å². The molecule has 1 saturated heterocycles. The molecule has 1 atom stereocenters. The number of nitrogens with zero attached hydrogens (tertiary/aromatic N) is 5. The minimum Gasteiger partial charge on any atom is -0.490 e. The van der Waals surface area contributed by atoms with Crippen molar-refractivity contribution < 1.29 is 19.1 Å². The molecule has 0 unspecified atom stereocenters. The minimum atomic E-state index is -0.971. The van der Waals surface area contributed by atoms with Gasteiger partial charge < -0.3 is 19.3 Å². The summed E-state index contributed by atoms with van der Waals surface area (Å²) in [5, 5.41) is 4.69. The lowest BCUT2D eigenvalue weighted by Crippen LogP contribution is -2.58. The fourth-order valence-corrected chi connectivity index (χ4v) is 4.43. The SMILES string of the molecule is CN(Cc1ccccc1)C(=O)C[C@]1(COc2ccc(Cl)cc2)CN(C(=O)CCCn2cncn2)CCO1. The summed E-state index contributed by atoms with van der Waals surface area (Å²) >= 11 is 6.00. The number of rotatable bonds is 11. The van der Waals surface area contributed by atoms with Crippen molar-refractivity contribution in [1.82, 2.24) is 24.6 Å². The van der Waals surface area contributed by atoms with Crippen LogP contribution >= 0.6 is 11.6 Å². The van der Waals surface area contributed by atoms with E-state index in [1.165, 1.54) is 6.33 Å². The van der Waals surface area contributed by atoms with Gasteiger partial charge in [0.05, 0.1) is 19.6 Å². The molecule has 196 valence electrons. The summed E-state index contributed by atoms with van der Waals surface area (Å²) in [6.45, 7) is 2.30. The summed E-state index contributed by atoms with van der Waals surface area (Å²) in [6, 6.07) is 16.9. The van der Waals surface area contributed by atoms with Crippen LogP contribution in [0.5, 0.6) is 5.75 Å². The molecule has 3 aromatic rings. The molecule has 0 bridgehead atoms. The van der Waals surface area contributed by atoms with Gasteiger partial charge in [0.25, 0.3) is 0 Å². The first-order valence-electron chi connectivity index (χ1n) is 12.3. The molecule has 0 aliphatic carbocycles. The highest BCUT2D eigenvalue weighted by Crippen LogP contribution is 2.27. The lowest BCUT2D eigenvalue weighted by molar-refractivity contribution is -0.165. The maximum atomic E-state index is 13.3. The van der Waals surface area contributed by atoms with E-state index in [-0.39, 0.29) is 31.4 Å². The van der Waals surface area contributed by atoms with Gasteiger partial charge >= 0.3 is 0 Å². The first-order valence-corrected chi connectivity index (χ1v) is 12.7. The van der Waals surface area contributed by atoms with Crippen LogP contribution in [-0.2, 0) is 27.4 Å². The van der Waals surface area contributed by atoms with Gasteiger partial charge in [-0.2, -0.15) is 5.10 Å². The van der Waals surface area contributed by atoms with Crippen molar-refractivity contribution in [3.63, 3.8) is 0 Å². The van der Waals surface area contributed by atoms with Crippen LogP contribution in [0.25, 0.3) is 0 Å². The maximum Gasteiger partial charge on any atom is 0.225 e. The van der Waals surface area contributed by atoms with Crippen LogP contribution in [0.1, 0.15) is 24.8 Å². The van der Waals surface area contributed by atoms with E-state index in [1.807, 2.05) is 30.3 Å². The molecule has 0 spiro atoms. The molecule has 37 heavy (non-hydrogen) atoms. The van der Waals surface area contributed by atoms with Crippen LogP contribution in [0.3, 0.4) is 0 Å². The summed E-state index contributed by atoms with van der Waals surface area (Å²) < 4.78 is 14.0. The zero-order valence-corrected chi connectivity index (χ0v) is 21.7. The Balaban J connectivity index is 1.42. The van der Waals surface area contributed by atoms with Gasteiger partial charge in [0.2, 0.25) is 11.8 Å². The number of aromatic nitrogens is 3. The predicted octanol–water partition coefficient (Wildman–Crippen LogP) is 3.44. The van der Waals surface area contributed by atoms with Gasteiger partial charge in [-0.05, 0) is 36.2 Å². The highest BCUT2D eigenvalue weighted by atomic mass is 35.5. The smallest absolute Gasteiger partial charge is 0.225 e. The van der Waals surface area contributed by atoms with E-state index in [2.05, 4.69) is 10.1 Å². The van der Waals surface area contributed by atoms with Crippen LogP contribution in [0.15, 0.2) is 67.3 Å². The number of morpholine rings is 1. The fraction of sp³-hybridized carbons (Fsp3) is 0.407. The Bertz CT molecular complexity index is 1140. The van der Waals surface area contributed by atoms with Gasteiger partial charge in [-0.3, -0.25) is 14.3 Å². The summed E-state index contributed by atoms with van der Waals surface area (Å²) in [5.41, 5.74) is 0.0696. The Morgan fingerprint density at radius 1 is 1.16 bits per heavy atom. The number of hydrogen-bond donors (Lipinski definition) is 0. The molecule has 2 aromatic carbocycles. The van der Waals surface area contributed by atoms with Crippen LogP contribution in [0, 0.1) is 0 Å². The zero-order valence-electron chi connectivity index (χ0n) is 21.0. The van der Waals surface area contributed by atoms with Crippen LogP contribution in [-0.4, -0.2) is 75.3 Å². The first-order chi connectivity index (χ1) is 17.9. The monoisotopic (exact) mass is 525 g/mol. The van der Waals surface area contributed by atoms with Crippen LogP contribution in [0.2, 0.25) is 5.02 Å². The number of aryl methyl sites for hydroxylation is 1. The van der Waals surface area contributed by atoms with Gasteiger partial charge in [-0.1, -0.05) is 41.9 Å². The van der Waals surface area contributed by atoms with E-state index in [4.69, 9.17) is 21.1 Å². The number of carbonyl (C=O) groups is 2. The van der Waals surface area contributed by atoms with Crippen molar-refractivity contribution in [3.8, 4) is 5.75 Å². The van der Waals surface area contributed by atoms with Crippen LogP contribution in [0.4, 0.5) is 0 Å². The standard InChI is InChI=1S/C27H32ClN5O4/c1-31(17-22-6-3-2-4-7-22)26(35)16-27(19-36-24-11-9-23(28)10-12-24)18-32(14-15-37-27)25(34)8-5-13-33-21-29-20-30-33/h2-4,6-7,9-12,20-21H,5,8,13-19H2,1H3/t27-/m1/s1. The predicted molar refractivity (Wildman–Crippen MR) is 139 cm³/mol. The highest BCUT2D eigenvalue weighted by Gasteiger charge is 2.42. The lowest BCUT2D eigenvalue weighted by Gasteiger charge is -2.42. The maximum absolute atomic E-state index is 13.3. The molecule has 1 fully saturated rings. The van der Waals surface area contributed by atoms with Gasteiger partial charge in [0.1, 0.15) is 30.6 Å². The molecule has 0 radical (unpaired) electrons. The van der Waals surface area contributed by atoms with Crippen molar-refractivity contribution >= 4 is 23.4 Å². The number of benzene rings is 2. The van der Waals surface area contributed by atoms with Crippen LogP contribution < -0.4 is 4.74 Å². The van der Waals surface area contributed by atoms with E-state index in [0.29, 0.717) is 49.9 Å². The molecule has 1 aliphatic heterocycles. The van der Waals surface area contributed by atoms with E-state index >= 15 is 0 Å². The van der Waals surface area contributed by atoms with Gasteiger partial charge in [-0.25, -0.2) is 4.98 Å². The Morgan fingerprint density at radius 2 is 1.95 bits per heavy atom. The average Bonchev–Trinajstić information content (AvgIpc) is 3.43. The molecule has 0 N–H and O–H groups in total. The second-order valence-corrected chi connectivity index (χ2v) is 9.70. The van der Waals surface area contributed by atoms with E-state index in [1.54, 1.807) is 52.1 Å². The topological polar surface area (TPSA) is 89.8 Å². The third kappa shape index (κ3) is 7.77. The number of ether oxygens (including phenoxy) is 2. The summed E-state index contributed by atoms with van der Waals surface area (Å²) in [4.78, 5) is 33.8. The molecule has 2 heterocycles. The molecule has 10 heteroatoms. The van der Waals surface area contributed by atoms with Gasteiger partial charge in [0, 0.05) is 38.1 Å². The van der Waals surface area contributed by atoms with E-state index < -0.39 is 5.60 Å². The quantitative estimate of drug-likeness (QED) is 0.381. The zero-order chi connectivity index (χ0) is 26.1. The van der Waals surface area contributed by atoms with Gasteiger partial charge in [-0.15, -0.1) is 0 Å². The highest BCUT2D eigenvalue weighted by molar-refractivity contribution is 6.30. The van der Waals surface area contributed by atoms with Crippen molar-refractivity contribution in [2.45, 2.75) is 38.0 Å². The molecule has 0 saturated carbocycles. The molecule has 9 nitrogen and oxygen atoms in total. The second-order valence-electron chi connectivity index (χ2n) is 9.26. The van der Waals surface area contributed by atoms with Gasteiger partial charge in [0.15, 0.2) is 0 Å². The molecule has 1 aliphatic rings. The third-order valence-corrected chi connectivity index (χ3v) is 6.57. The molecule has 2 amide bonds. The Kier molecular flexibility index (Phi) is 9.14. The number of amides is 2. The second kappa shape index (κ2) is 12.7. The number of carbonyl (C=O) groups excluding carboxylic acids is 2. The molecule has 4 rings (SSSR count). The average molecular weight is 526 g/mol. The Hall–Kier alpha value is -3.43. The van der Waals surface area contributed by atoms with Crippen molar-refractivity contribution in [1.29, 1.82) is 0 Å². The summed E-state index contributed by atoms with van der Waals surface area (Å²) in [5.74, 6) is 0.558. The lowest BCUT2D eigenvalue weighted by atomic mass is 9.96.